The summed E-state index contributed by atoms with van der Waals surface area (Å²) in [6.45, 7) is 3.58. The van der Waals surface area contributed by atoms with Gasteiger partial charge < -0.3 is 0 Å². The lowest BCUT2D eigenvalue weighted by Crippen LogP contribution is -2.13. The fourth-order valence-corrected chi connectivity index (χ4v) is 1.61. The van der Waals surface area contributed by atoms with Gasteiger partial charge in [0, 0.05) is 10.0 Å². The number of hydrogen-bond acceptors (Lipinski definition) is 2. The highest BCUT2D eigenvalue weighted by atomic mass is 35.5. The monoisotopic (exact) mass is 229 g/mol. The maximum absolute atomic E-state index is 10.2. The molecule has 14 heavy (non-hydrogen) atoms. The molecule has 4 heteroatoms. The molecule has 2 nitrogen and oxygen atoms in total. The third kappa shape index (κ3) is 2.58. The first-order valence-corrected chi connectivity index (χ1v) is 4.77. The quantitative estimate of drug-likeness (QED) is 0.564. The molecule has 0 unspecified atom stereocenters. The highest BCUT2D eigenvalue weighted by Gasteiger charge is 2.20. The van der Waals surface area contributed by atoms with Gasteiger partial charge in [-0.3, -0.25) is 0 Å². The second kappa shape index (κ2) is 4.14. The van der Waals surface area contributed by atoms with Crippen LogP contribution in [-0.2, 0) is 10.3 Å². The van der Waals surface area contributed by atoms with E-state index in [9.17, 15) is 4.79 Å². The highest BCUT2D eigenvalue weighted by molar-refractivity contribution is 6.34. The summed E-state index contributed by atoms with van der Waals surface area (Å²) in [7, 11) is 0. The number of hydrogen-bond donors (Lipinski definition) is 0. The average molecular weight is 230 g/mol. The molecule has 0 aliphatic rings. The fourth-order valence-electron chi connectivity index (χ4n) is 1.09. The van der Waals surface area contributed by atoms with E-state index in [0.717, 1.165) is 5.56 Å². The number of nitrogens with zero attached hydrogens (tertiary/aromatic N) is 1. The van der Waals surface area contributed by atoms with E-state index in [4.69, 9.17) is 23.2 Å². The van der Waals surface area contributed by atoms with E-state index in [1.54, 1.807) is 32.0 Å². The van der Waals surface area contributed by atoms with Gasteiger partial charge in [0.25, 0.3) is 0 Å². The minimum Gasteiger partial charge on any atom is -0.211 e. The van der Waals surface area contributed by atoms with Crippen LogP contribution in [-0.4, -0.2) is 6.08 Å². The van der Waals surface area contributed by atoms with Gasteiger partial charge in [-0.2, -0.15) is 4.99 Å². The Labute approximate surface area is 92.6 Å². The van der Waals surface area contributed by atoms with Gasteiger partial charge in [0.05, 0.1) is 5.54 Å². The second-order valence-electron chi connectivity index (χ2n) is 3.42. The number of carbonyl (C=O) groups excluding carboxylic acids is 1. The third-order valence-electron chi connectivity index (χ3n) is 1.89. The van der Waals surface area contributed by atoms with Gasteiger partial charge in [0.15, 0.2) is 0 Å². The summed E-state index contributed by atoms with van der Waals surface area (Å²) in [5, 5.41) is 1.06. The van der Waals surface area contributed by atoms with Crippen molar-refractivity contribution < 1.29 is 4.79 Å². The molecule has 0 amide bonds. The molecular weight excluding hydrogens is 221 g/mol. The zero-order valence-electron chi connectivity index (χ0n) is 7.84. The maximum atomic E-state index is 10.2. The van der Waals surface area contributed by atoms with Crippen LogP contribution in [0.25, 0.3) is 0 Å². The average Bonchev–Trinajstić information content (AvgIpc) is 2.02. The highest BCUT2D eigenvalue weighted by Crippen LogP contribution is 2.29. The summed E-state index contributed by atoms with van der Waals surface area (Å²) >= 11 is 11.7. The number of aliphatic imine (C=N–C) groups is 1. The van der Waals surface area contributed by atoms with E-state index < -0.39 is 5.54 Å². The number of rotatable bonds is 2. The largest absolute Gasteiger partial charge is 0.235 e. The first kappa shape index (κ1) is 11.3. The van der Waals surface area contributed by atoms with Crippen LogP contribution in [0.5, 0.6) is 0 Å². The molecule has 0 N–H and O–H groups in total. The van der Waals surface area contributed by atoms with Crippen LogP contribution in [0.3, 0.4) is 0 Å². The number of isocyanates is 1. The second-order valence-corrected chi connectivity index (χ2v) is 4.29. The number of halogens is 2. The summed E-state index contributed by atoms with van der Waals surface area (Å²) in [4.78, 5) is 13.9. The van der Waals surface area contributed by atoms with Crippen molar-refractivity contribution in [3.8, 4) is 0 Å². The van der Waals surface area contributed by atoms with E-state index in [-0.39, 0.29) is 0 Å². The first-order valence-electron chi connectivity index (χ1n) is 4.01. The van der Waals surface area contributed by atoms with Crippen molar-refractivity contribution >= 4 is 29.3 Å². The minimum absolute atomic E-state index is 0.529. The molecule has 1 rings (SSSR count). The Bertz CT molecular complexity index is 375. The zero-order valence-corrected chi connectivity index (χ0v) is 9.36. The molecule has 0 saturated heterocycles. The van der Waals surface area contributed by atoms with Crippen molar-refractivity contribution in [1.82, 2.24) is 0 Å². The van der Waals surface area contributed by atoms with E-state index >= 15 is 0 Å². The van der Waals surface area contributed by atoms with Gasteiger partial charge in [0.1, 0.15) is 0 Å². The summed E-state index contributed by atoms with van der Waals surface area (Å²) in [6.07, 6.45) is 1.53. The Morgan fingerprint density at radius 2 is 1.71 bits per heavy atom. The van der Waals surface area contributed by atoms with E-state index in [1.807, 2.05) is 0 Å². The van der Waals surface area contributed by atoms with Gasteiger partial charge in [-0.15, -0.1) is 0 Å². The van der Waals surface area contributed by atoms with Crippen LogP contribution >= 0.6 is 23.2 Å². The number of benzene rings is 1. The third-order valence-corrected chi connectivity index (χ3v) is 2.33. The van der Waals surface area contributed by atoms with Gasteiger partial charge in [-0.05, 0) is 37.6 Å². The Morgan fingerprint density at radius 3 is 2.14 bits per heavy atom. The molecule has 0 radical (unpaired) electrons. The summed E-state index contributed by atoms with van der Waals surface area (Å²) in [5.74, 6) is 0. The summed E-state index contributed by atoms with van der Waals surface area (Å²) in [5.41, 5.74) is 0.148. The van der Waals surface area contributed by atoms with Crippen LogP contribution in [0.2, 0.25) is 10.0 Å². The standard InChI is InChI=1S/C10H9Cl2NO/c1-10(2,13-6-14)7-3-8(11)5-9(12)4-7/h3-5H,1-2H3. The summed E-state index contributed by atoms with van der Waals surface area (Å²) in [6, 6.07) is 5.09. The van der Waals surface area contributed by atoms with Crippen LogP contribution in [0.1, 0.15) is 19.4 Å². The maximum Gasteiger partial charge on any atom is 0.235 e. The van der Waals surface area contributed by atoms with Gasteiger partial charge in [0.2, 0.25) is 6.08 Å². The van der Waals surface area contributed by atoms with Crippen molar-refractivity contribution in [2.24, 2.45) is 4.99 Å². The van der Waals surface area contributed by atoms with Crippen molar-refractivity contribution in [2.75, 3.05) is 0 Å². The van der Waals surface area contributed by atoms with Crippen molar-refractivity contribution in [3.05, 3.63) is 33.8 Å². The lowest BCUT2D eigenvalue weighted by molar-refractivity contribution is 0.523. The molecule has 0 saturated carbocycles. The van der Waals surface area contributed by atoms with E-state index in [1.165, 1.54) is 6.08 Å². The van der Waals surface area contributed by atoms with Crippen molar-refractivity contribution in [3.63, 3.8) is 0 Å². The predicted octanol–water partition coefficient (Wildman–Crippen LogP) is 3.56. The molecule has 0 atom stereocenters. The molecule has 0 aliphatic heterocycles. The molecule has 74 valence electrons. The topological polar surface area (TPSA) is 29.4 Å². The molecule has 0 bridgehead atoms. The van der Waals surface area contributed by atoms with Crippen LogP contribution in [0.15, 0.2) is 23.2 Å². The zero-order chi connectivity index (χ0) is 10.8. The Balaban J connectivity index is 3.24. The smallest absolute Gasteiger partial charge is 0.211 e. The van der Waals surface area contributed by atoms with Crippen LogP contribution in [0.4, 0.5) is 0 Å². The molecule has 0 aliphatic carbocycles. The van der Waals surface area contributed by atoms with E-state index in [2.05, 4.69) is 4.99 Å². The normalized spacial score (nSPS) is 10.9. The molecule has 1 aromatic rings. The Kier molecular flexibility index (Phi) is 3.33. The van der Waals surface area contributed by atoms with Crippen LogP contribution < -0.4 is 0 Å². The molecule has 0 aromatic heterocycles. The van der Waals surface area contributed by atoms with E-state index in [0.29, 0.717) is 10.0 Å². The molecule has 0 spiro atoms. The Hall–Kier alpha value is -0.820. The lowest BCUT2D eigenvalue weighted by atomic mass is 9.95. The van der Waals surface area contributed by atoms with Gasteiger partial charge in [-0.1, -0.05) is 23.2 Å². The predicted molar refractivity (Wildman–Crippen MR) is 57.6 cm³/mol. The first-order chi connectivity index (χ1) is 6.45. The SMILES string of the molecule is CC(C)(N=C=O)c1cc(Cl)cc(Cl)c1. The Morgan fingerprint density at radius 1 is 1.21 bits per heavy atom. The van der Waals surface area contributed by atoms with Crippen molar-refractivity contribution in [1.29, 1.82) is 0 Å². The lowest BCUT2D eigenvalue weighted by Gasteiger charge is -2.18. The fraction of sp³-hybridized carbons (Fsp3) is 0.300. The molecule has 1 aromatic carbocycles. The van der Waals surface area contributed by atoms with Gasteiger partial charge >= 0.3 is 0 Å². The molecule has 0 fully saturated rings. The van der Waals surface area contributed by atoms with Crippen LogP contribution in [0, 0.1) is 0 Å². The van der Waals surface area contributed by atoms with Crippen molar-refractivity contribution in [2.45, 2.75) is 19.4 Å². The molecule has 0 heterocycles. The molecular formula is C10H9Cl2NO. The van der Waals surface area contributed by atoms with Gasteiger partial charge in [-0.25, -0.2) is 4.79 Å². The summed E-state index contributed by atoms with van der Waals surface area (Å²) < 4.78 is 0. The minimum atomic E-state index is -0.643.